The van der Waals surface area contributed by atoms with Gasteiger partial charge in [0.2, 0.25) is 10.0 Å². The molecule has 1 aromatic rings. The summed E-state index contributed by atoms with van der Waals surface area (Å²) in [7, 11) is -3.71. The third-order valence-corrected chi connectivity index (χ3v) is 6.78. The third-order valence-electron chi connectivity index (χ3n) is 4.83. The Hall–Kier alpha value is -1.48. The number of nitrogens with zero attached hydrogens (tertiary/aromatic N) is 2. The molecule has 0 radical (unpaired) electrons. The van der Waals surface area contributed by atoms with Crippen LogP contribution in [0.25, 0.3) is 0 Å². The zero-order valence-corrected chi connectivity index (χ0v) is 15.0. The van der Waals surface area contributed by atoms with E-state index >= 15 is 0 Å². The number of hydrogen-bond donors (Lipinski definition) is 1. The number of sulfonamides is 1. The van der Waals surface area contributed by atoms with Gasteiger partial charge in [-0.2, -0.15) is 4.31 Å². The lowest BCUT2D eigenvalue weighted by Crippen LogP contribution is -2.51. The molecule has 2 fully saturated rings. The Labute approximate surface area is 148 Å². The fourth-order valence-electron chi connectivity index (χ4n) is 3.48. The van der Waals surface area contributed by atoms with E-state index in [1.165, 1.54) is 24.3 Å². The van der Waals surface area contributed by atoms with Gasteiger partial charge in [0, 0.05) is 32.2 Å². The van der Waals surface area contributed by atoms with Crippen molar-refractivity contribution in [2.75, 3.05) is 39.4 Å². The van der Waals surface area contributed by atoms with Crippen molar-refractivity contribution in [3.63, 3.8) is 0 Å². The van der Waals surface area contributed by atoms with Crippen LogP contribution in [0.1, 0.15) is 29.6 Å². The Balaban J connectivity index is 1.82. The van der Waals surface area contributed by atoms with Gasteiger partial charge in [0.1, 0.15) is 0 Å². The lowest BCUT2D eigenvalue weighted by molar-refractivity contribution is 0.0263. The van der Waals surface area contributed by atoms with Crippen LogP contribution in [0.3, 0.4) is 0 Å². The van der Waals surface area contributed by atoms with Gasteiger partial charge in [0.25, 0.3) is 0 Å². The second kappa shape index (κ2) is 7.82. The Morgan fingerprint density at radius 3 is 2.68 bits per heavy atom. The summed E-state index contributed by atoms with van der Waals surface area (Å²) < 4.78 is 33.1. The van der Waals surface area contributed by atoms with E-state index in [2.05, 4.69) is 4.90 Å². The highest BCUT2D eigenvalue weighted by molar-refractivity contribution is 7.89. The van der Waals surface area contributed by atoms with Gasteiger partial charge in [-0.05, 0) is 31.0 Å². The number of aromatic carboxylic acids is 1. The number of carboxylic acid groups (broad SMARTS) is 1. The van der Waals surface area contributed by atoms with Crippen LogP contribution in [0.2, 0.25) is 0 Å². The molecule has 138 valence electrons. The van der Waals surface area contributed by atoms with E-state index in [4.69, 9.17) is 9.84 Å². The van der Waals surface area contributed by atoms with Crippen molar-refractivity contribution >= 4 is 16.0 Å². The van der Waals surface area contributed by atoms with E-state index in [0.29, 0.717) is 26.3 Å². The van der Waals surface area contributed by atoms with Gasteiger partial charge in [-0.15, -0.1) is 0 Å². The molecular weight excluding hydrogens is 344 g/mol. The van der Waals surface area contributed by atoms with Crippen molar-refractivity contribution in [1.82, 2.24) is 9.21 Å². The largest absolute Gasteiger partial charge is 0.478 e. The van der Waals surface area contributed by atoms with Gasteiger partial charge in [-0.1, -0.05) is 12.5 Å². The first kappa shape index (κ1) is 18.3. The fourth-order valence-corrected chi connectivity index (χ4v) is 5.21. The molecule has 0 amide bonds. The van der Waals surface area contributed by atoms with E-state index in [0.717, 1.165) is 32.4 Å². The Morgan fingerprint density at radius 1 is 1.20 bits per heavy atom. The standard InChI is InChI=1S/C17H24N2O5S/c20-17(21)14-4-3-6-16(12-14)25(22,23)19-7-2-1-5-15(19)13-18-8-10-24-11-9-18/h3-4,6,12,15H,1-2,5,7-11,13H2,(H,20,21). The summed E-state index contributed by atoms with van der Waals surface area (Å²) in [4.78, 5) is 13.5. The summed E-state index contributed by atoms with van der Waals surface area (Å²) in [6, 6.07) is 5.53. The predicted molar refractivity (Wildman–Crippen MR) is 92.2 cm³/mol. The highest BCUT2D eigenvalue weighted by atomic mass is 32.2. The smallest absolute Gasteiger partial charge is 0.335 e. The summed E-state index contributed by atoms with van der Waals surface area (Å²) in [6.45, 7) is 4.17. The molecule has 0 aliphatic carbocycles. The molecule has 1 atom stereocenters. The van der Waals surface area contributed by atoms with Crippen molar-refractivity contribution in [3.8, 4) is 0 Å². The lowest BCUT2D eigenvalue weighted by atomic mass is 10.0. The topological polar surface area (TPSA) is 87.1 Å². The van der Waals surface area contributed by atoms with Crippen LogP contribution in [0.4, 0.5) is 0 Å². The number of morpholine rings is 1. The SMILES string of the molecule is O=C(O)c1cccc(S(=O)(=O)N2CCCCC2CN2CCOCC2)c1. The summed E-state index contributed by atoms with van der Waals surface area (Å²) in [5.41, 5.74) is -0.0113. The number of carboxylic acids is 1. The second-order valence-electron chi connectivity index (χ2n) is 6.51. The molecule has 0 spiro atoms. The van der Waals surface area contributed by atoms with Crippen molar-refractivity contribution in [1.29, 1.82) is 0 Å². The molecule has 2 saturated heterocycles. The summed E-state index contributed by atoms with van der Waals surface area (Å²) >= 11 is 0. The molecule has 8 heteroatoms. The molecule has 7 nitrogen and oxygen atoms in total. The van der Waals surface area contributed by atoms with Crippen LogP contribution in [0.15, 0.2) is 29.2 Å². The third kappa shape index (κ3) is 4.20. The fraction of sp³-hybridized carbons (Fsp3) is 0.588. The molecule has 0 saturated carbocycles. The molecular formula is C17H24N2O5S. The Kier molecular flexibility index (Phi) is 5.73. The zero-order chi connectivity index (χ0) is 17.9. The number of carbonyl (C=O) groups is 1. The minimum absolute atomic E-state index is 0.0113. The van der Waals surface area contributed by atoms with E-state index in [1.54, 1.807) is 4.31 Å². The van der Waals surface area contributed by atoms with Crippen molar-refractivity contribution < 1.29 is 23.1 Å². The first-order valence-electron chi connectivity index (χ1n) is 8.64. The molecule has 0 aromatic heterocycles. The molecule has 2 aliphatic heterocycles. The molecule has 2 aliphatic rings. The monoisotopic (exact) mass is 368 g/mol. The summed E-state index contributed by atoms with van der Waals surface area (Å²) in [5.74, 6) is -1.12. The van der Waals surface area contributed by atoms with Gasteiger partial charge in [-0.3, -0.25) is 4.90 Å². The zero-order valence-electron chi connectivity index (χ0n) is 14.1. The number of piperidine rings is 1. The highest BCUT2D eigenvalue weighted by Gasteiger charge is 2.34. The van der Waals surface area contributed by atoms with E-state index in [1.807, 2.05) is 0 Å². The minimum Gasteiger partial charge on any atom is -0.478 e. The van der Waals surface area contributed by atoms with Crippen molar-refractivity contribution in [2.45, 2.75) is 30.2 Å². The average Bonchev–Trinajstić information content (AvgIpc) is 2.63. The van der Waals surface area contributed by atoms with E-state index in [-0.39, 0.29) is 16.5 Å². The molecule has 2 heterocycles. The van der Waals surface area contributed by atoms with Crippen LogP contribution >= 0.6 is 0 Å². The quantitative estimate of drug-likeness (QED) is 0.842. The van der Waals surface area contributed by atoms with Crippen molar-refractivity contribution in [2.24, 2.45) is 0 Å². The maximum absolute atomic E-state index is 13.1. The summed E-state index contributed by atoms with van der Waals surface area (Å²) in [5, 5.41) is 9.13. The van der Waals surface area contributed by atoms with Gasteiger partial charge < -0.3 is 9.84 Å². The Morgan fingerprint density at radius 2 is 1.96 bits per heavy atom. The highest BCUT2D eigenvalue weighted by Crippen LogP contribution is 2.26. The first-order valence-corrected chi connectivity index (χ1v) is 10.1. The number of rotatable bonds is 5. The van der Waals surface area contributed by atoms with Crippen LogP contribution in [-0.2, 0) is 14.8 Å². The molecule has 1 N–H and O–H groups in total. The van der Waals surface area contributed by atoms with Crippen LogP contribution in [0, 0.1) is 0 Å². The first-order chi connectivity index (χ1) is 12.0. The number of benzene rings is 1. The minimum atomic E-state index is -3.71. The van der Waals surface area contributed by atoms with Crippen LogP contribution < -0.4 is 0 Å². The van der Waals surface area contributed by atoms with Gasteiger partial charge in [0.15, 0.2) is 0 Å². The van der Waals surface area contributed by atoms with Crippen LogP contribution in [-0.4, -0.2) is 74.1 Å². The maximum Gasteiger partial charge on any atom is 0.335 e. The predicted octanol–water partition coefficient (Wildman–Crippen LogP) is 1.26. The maximum atomic E-state index is 13.1. The van der Waals surface area contributed by atoms with E-state index < -0.39 is 16.0 Å². The summed E-state index contributed by atoms with van der Waals surface area (Å²) in [6.07, 6.45) is 2.67. The number of ether oxygens (including phenoxy) is 1. The van der Waals surface area contributed by atoms with Crippen molar-refractivity contribution in [3.05, 3.63) is 29.8 Å². The molecule has 3 rings (SSSR count). The Bertz CT molecular complexity index is 716. The molecule has 25 heavy (non-hydrogen) atoms. The molecule has 0 bridgehead atoms. The van der Waals surface area contributed by atoms with Gasteiger partial charge in [0.05, 0.1) is 23.7 Å². The van der Waals surface area contributed by atoms with Gasteiger partial charge >= 0.3 is 5.97 Å². The molecule has 1 unspecified atom stereocenters. The number of hydrogen-bond acceptors (Lipinski definition) is 5. The lowest BCUT2D eigenvalue weighted by Gasteiger charge is -2.38. The molecule has 1 aromatic carbocycles. The second-order valence-corrected chi connectivity index (χ2v) is 8.40. The average molecular weight is 368 g/mol. The van der Waals surface area contributed by atoms with Crippen LogP contribution in [0.5, 0.6) is 0 Å². The normalized spacial score (nSPS) is 23.4. The van der Waals surface area contributed by atoms with Gasteiger partial charge in [-0.25, -0.2) is 13.2 Å². The van der Waals surface area contributed by atoms with E-state index in [9.17, 15) is 13.2 Å².